The fraction of sp³-hybridized carbons (Fsp3) is 0.692. The summed E-state index contributed by atoms with van der Waals surface area (Å²) in [6.45, 7) is 7.32. The Bertz CT molecular complexity index is 405. The number of hydrogen-bond acceptors (Lipinski definition) is 5. The van der Waals surface area contributed by atoms with E-state index in [0.29, 0.717) is 17.6 Å². The van der Waals surface area contributed by atoms with Crippen molar-refractivity contribution in [1.82, 2.24) is 9.88 Å². The number of aromatic nitrogens is 1. The summed E-state index contributed by atoms with van der Waals surface area (Å²) in [4.78, 5) is 18.0. The molecule has 1 amide bonds. The number of carbonyl (C=O) groups is 1. The lowest BCUT2D eigenvalue weighted by Gasteiger charge is -2.20. The Morgan fingerprint density at radius 2 is 2.26 bits per heavy atom. The average molecular weight is 284 g/mol. The van der Waals surface area contributed by atoms with E-state index in [-0.39, 0.29) is 11.9 Å². The minimum atomic E-state index is -0.0324. The molecule has 1 heterocycles. The molecule has 0 aromatic carbocycles. The highest BCUT2D eigenvalue weighted by molar-refractivity contribution is 7.13. The third kappa shape index (κ3) is 6.13. The van der Waals surface area contributed by atoms with Crippen molar-refractivity contribution in [2.45, 2.75) is 33.2 Å². The second kappa shape index (κ2) is 7.57. The van der Waals surface area contributed by atoms with Gasteiger partial charge in [0.05, 0.1) is 12.2 Å². The summed E-state index contributed by atoms with van der Waals surface area (Å²) in [5.74, 6) is 0.440. The van der Waals surface area contributed by atoms with Gasteiger partial charge in [0.1, 0.15) is 0 Å². The van der Waals surface area contributed by atoms with Crippen LogP contribution in [0.15, 0.2) is 5.38 Å². The Balaban J connectivity index is 2.28. The molecule has 0 aliphatic heterocycles. The van der Waals surface area contributed by atoms with Crippen molar-refractivity contribution in [2.24, 2.45) is 11.7 Å². The monoisotopic (exact) mass is 284 g/mol. The molecule has 0 saturated carbocycles. The molecule has 1 rings (SSSR count). The number of rotatable bonds is 7. The third-order valence-electron chi connectivity index (χ3n) is 2.98. The topological polar surface area (TPSA) is 71.2 Å². The minimum Gasteiger partial charge on any atom is -0.327 e. The first kappa shape index (κ1) is 16.1. The number of aryl methyl sites for hydroxylation is 1. The first-order chi connectivity index (χ1) is 8.88. The highest BCUT2D eigenvalue weighted by Gasteiger charge is 2.12. The van der Waals surface area contributed by atoms with Crippen molar-refractivity contribution in [3.8, 4) is 0 Å². The third-order valence-corrected chi connectivity index (χ3v) is 3.85. The average Bonchev–Trinajstić information content (AvgIpc) is 2.71. The lowest BCUT2D eigenvalue weighted by Crippen LogP contribution is -2.35. The van der Waals surface area contributed by atoms with Crippen LogP contribution in [-0.2, 0) is 4.79 Å². The van der Waals surface area contributed by atoms with E-state index >= 15 is 0 Å². The quantitative estimate of drug-likeness (QED) is 0.799. The maximum atomic E-state index is 11.8. The van der Waals surface area contributed by atoms with Crippen LogP contribution < -0.4 is 11.1 Å². The second-order valence-electron chi connectivity index (χ2n) is 5.28. The number of carbonyl (C=O) groups excluding carboxylic acids is 1. The SMILES string of the molecule is Cc1csc(NC(=O)CN(C)CCC(N)C(C)C)n1. The van der Waals surface area contributed by atoms with Gasteiger partial charge in [0.25, 0.3) is 0 Å². The van der Waals surface area contributed by atoms with Gasteiger partial charge in [-0.15, -0.1) is 11.3 Å². The van der Waals surface area contributed by atoms with Crippen LogP contribution in [-0.4, -0.2) is 42.0 Å². The summed E-state index contributed by atoms with van der Waals surface area (Å²) < 4.78 is 0. The molecule has 0 fully saturated rings. The van der Waals surface area contributed by atoms with E-state index in [1.807, 2.05) is 24.3 Å². The number of nitrogens with zero attached hydrogens (tertiary/aromatic N) is 2. The maximum absolute atomic E-state index is 11.8. The van der Waals surface area contributed by atoms with Gasteiger partial charge in [0, 0.05) is 11.4 Å². The van der Waals surface area contributed by atoms with E-state index in [9.17, 15) is 4.79 Å². The van der Waals surface area contributed by atoms with Gasteiger partial charge in [-0.2, -0.15) is 0 Å². The van der Waals surface area contributed by atoms with Gasteiger partial charge >= 0.3 is 0 Å². The van der Waals surface area contributed by atoms with Crippen LogP contribution in [0.1, 0.15) is 26.0 Å². The molecule has 0 bridgehead atoms. The zero-order chi connectivity index (χ0) is 14.4. The second-order valence-corrected chi connectivity index (χ2v) is 6.13. The Morgan fingerprint density at radius 1 is 1.58 bits per heavy atom. The molecule has 5 nitrogen and oxygen atoms in total. The van der Waals surface area contributed by atoms with Crippen molar-refractivity contribution < 1.29 is 4.79 Å². The van der Waals surface area contributed by atoms with Crippen molar-refractivity contribution in [3.63, 3.8) is 0 Å². The largest absolute Gasteiger partial charge is 0.327 e. The fourth-order valence-electron chi connectivity index (χ4n) is 1.60. The number of thiazole rings is 1. The normalized spacial score (nSPS) is 13.0. The summed E-state index contributed by atoms with van der Waals surface area (Å²) in [6, 6.07) is 0.187. The summed E-state index contributed by atoms with van der Waals surface area (Å²) in [5.41, 5.74) is 6.91. The van der Waals surface area contributed by atoms with Crippen LogP contribution in [0.25, 0.3) is 0 Å². The molecular formula is C13H24N4OS. The summed E-state index contributed by atoms with van der Waals surface area (Å²) in [5, 5.41) is 5.38. The number of amides is 1. The zero-order valence-electron chi connectivity index (χ0n) is 12.1. The van der Waals surface area contributed by atoms with Gasteiger partial charge in [-0.3, -0.25) is 9.69 Å². The van der Waals surface area contributed by atoms with E-state index in [4.69, 9.17) is 5.73 Å². The highest BCUT2D eigenvalue weighted by Crippen LogP contribution is 2.14. The Morgan fingerprint density at radius 3 is 2.79 bits per heavy atom. The van der Waals surface area contributed by atoms with Crippen LogP contribution in [0.3, 0.4) is 0 Å². The van der Waals surface area contributed by atoms with Gasteiger partial charge in [0.15, 0.2) is 5.13 Å². The molecule has 1 aromatic heterocycles. The molecule has 0 spiro atoms. The van der Waals surface area contributed by atoms with E-state index in [2.05, 4.69) is 24.1 Å². The van der Waals surface area contributed by atoms with E-state index in [0.717, 1.165) is 18.7 Å². The van der Waals surface area contributed by atoms with Crippen molar-refractivity contribution in [1.29, 1.82) is 0 Å². The molecule has 6 heteroatoms. The van der Waals surface area contributed by atoms with Crippen molar-refractivity contribution in [3.05, 3.63) is 11.1 Å². The molecule has 0 saturated heterocycles. The molecule has 0 radical (unpaired) electrons. The maximum Gasteiger partial charge on any atom is 0.240 e. The van der Waals surface area contributed by atoms with E-state index < -0.39 is 0 Å². The summed E-state index contributed by atoms with van der Waals surface area (Å²) in [7, 11) is 1.93. The van der Waals surface area contributed by atoms with Gasteiger partial charge in [-0.1, -0.05) is 13.8 Å². The first-order valence-electron chi connectivity index (χ1n) is 6.54. The van der Waals surface area contributed by atoms with Crippen molar-refractivity contribution in [2.75, 3.05) is 25.5 Å². The molecular weight excluding hydrogens is 260 g/mol. The number of nitrogens with two attached hydrogens (primary N) is 1. The van der Waals surface area contributed by atoms with Gasteiger partial charge in [0.2, 0.25) is 5.91 Å². The molecule has 0 aliphatic carbocycles. The fourth-order valence-corrected chi connectivity index (χ4v) is 2.30. The number of nitrogens with one attached hydrogen (secondary N) is 1. The van der Waals surface area contributed by atoms with Crippen LogP contribution in [0.2, 0.25) is 0 Å². The predicted octanol–water partition coefficient (Wildman–Crippen LogP) is 1.70. The predicted molar refractivity (Wildman–Crippen MR) is 80.4 cm³/mol. The van der Waals surface area contributed by atoms with E-state index in [1.54, 1.807) is 0 Å². The first-order valence-corrected chi connectivity index (χ1v) is 7.42. The van der Waals surface area contributed by atoms with Gasteiger partial charge in [-0.25, -0.2) is 4.98 Å². The number of anilines is 1. The molecule has 108 valence electrons. The van der Waals surface area contributed by atoms with Gasteiger partial charge < -0.3 is 11.1 Å². The van der Waals surface area contributed by atoms with Crippen LogP contribution in [0.4, 0.5) is 5.13 Å². The summed E-state index contributed by atoms with van der Waals surface area (Å²) >= 11 is 1.45. The standard InChI is InChI=1S/C13H24N4OS/c1-9(2)11(14)5-6-17(4)7-12(18)16-13-15-10(3)8-19-13/h8-9,11H,5-7,14H2,1-4H3,(H,15,16,18). The smallest absolute Gasteiger partial charge is 0.240 e. The van der Waals surface area contributed by atoms with E-state index in [1.165, 1.54) is 11.3 Å². The molecule has 0 aliphatic rings. The lowest BCUT2D eigenvalue weighted by molar-refractivity contribution is -0.117. The van der Waals surface area contributed by atoms with Gasteiger partial charge in [-0.05, 0) is 32.9 Å². The molecule has 19 heavy (non-hydrogen) atoms. The van der Waals surface area contributed by atoms with Crippen LogP contribution in [0.5, 0.6) is 0 Å². The summed E-state index contributed by atoms with van der Waals surface area (Å²) in [6.07, 6.45) is 0.901. The zero-order valence-corrected chi connectivity index (χ0v) is 13.0. The molecule has 1 atom stereocenters. The van der Waals surface area contributed by atoms with Crippen molar-refractivity contribution >= 4 is 22.4 Å². The number of likely N-dealkylation sites (N-methyl/N-ethyl adjacent to an activating group) is 1. The van der Waals surface area contributed by atoms with Crippen LogP contribution >= 0.6 is 11.3 Å². The minimum absolute atomic E-state index is 0.0324. The molecule has 1 unspecified atom stereocenters. The molecule has 3 N–H and O–H groups in total. The Kier molecular flexibility index (Phi) is 6.41. The molecule has 1 aromatic rings. The van der Waals surface area contributed by atoms with Crippen LogP contribution in [0, 0.1) is 12.8 Å². The number of hydrogen-bond donors (Lipinski definition) is 2. The Hall–Kier alpha value is -0.980. The lowest BCUT2D eigenvalue weighted by atomic mass is 10.0. The highest BCUT2D eigenvalue weighted by atomic mass is 32.1. The Labute approximate surface area is 119 Å².